The minimum atomic E-state index is -1.07. The summed E-state index contributed by atoms with van der Waals surface area (Å²) in [6.07, 6.45) is 0.357. The molecule has 0 spiro atoms. The highest BCUT2D eigenvalue weighted by Gasteiger charge is 2.61. The number of amides is 1. The molecule has 2 aromatic rings. The van der Waals surface area contributed by atoms with Crippen molar-refractivity contribution in [2.24, 2.45) is 22.2 Å². The SMILES string of the molecule is CC(C)(C)C(C1=NC2(c3cc(F)ccc3F)CC2CN1Cc1ccccc1)N(CC1CNCC1F)C(=O)C1CCCO1. The first-order valence-corrected chi connectivity index (χ1v) is 15.2. The fourth-order valence-electron chi connectivity index (χ4n) is 7.11. The maximum atomic E-state index is 15.3. The number of nitrogens with one attached hydrogen (secondary N) is 1. The number of hydrogen-bond donors (Lipinski definition) is 1. The van der Waals surface area contributed by atoms with Crippen molar-refractivity contribution in [3.8, 4) is 0 Å². The molecule has 2 saturated heterocycles. The minimum Gasteiger partial charge on any atom is -0.368 e. The lowest BCUT2D eigenvalue weighted by molar-refractivity contribution is -0.145. The van der Waals surface area contributed by atoms with E-state index in [-0.39, 0.29) is 36.4 Å². The lowest BCUT2D eigenvalue weighted by atomic mass is 9.82. The first-order valence-electron chi connectivity index (χ1n) is 15.2. The number of carbonyl (C=O) groups excluding carboxylic acids is 1. The summed E-state index contributed by atoms with van der Waals surface area (Å²) in [5.74, 6) is -0.821. The summed E-state index contributed by atoms with van der Waals surface area (Å²) in [7, 11) is 0. The van der Waals surface area contributed by atoms with Gasteiger partial charge in [-0.2, -0.15) is 0 Å². The largest absolute Gasteiger partial charge is 0.368 e. The Hall–Kier alpha value is -2.91. The summed E-state index contributed by atoms with van der Waals surface area (Å²) in [5, 5.41) is 3.13. The third kappa shape index (κ3) is 5.57. The number of alkyl halides is 1. The molecule has 1 saturated carbocycles. The average molecular weight is 583 g/mol. The van der Waals surface area contributed by atoms with Crippen LogP contribution in [0.2, 0.25) is 0 Å². The van der Waals surface area contributed by atoms with Gasteiger partial charge in [-0.15, -0.1) is 0 Å². The number of nitrogens with zero attached hydrogens (tertiary/aromatic N) is 3. The molecule has 0 bridgehead atoms. The van der Waals surface area contributed by atoms with Crippen molar-refractivity contribution >= 4 is 11.7 Å². The van der Waals surface area contributed by atoms with Crippen LogP contribution in [0.3, 0.4) is 0 Å². The van der Waals surface area contributed by atoms with Gasteiger partial charge in [0.25, 0.3) is 5.91 Å². The number of fused-ring (bicyclic) bond motifs is 1. The first kappa shape index (κ1) is 29.2. The number of halogens is 3. The molecule has 3 heterocycles. The Labute approximate surface area is 246 Å². The Balaban J connectivity index is 1.47. The minimum absolute atomic E-state index is 0.0125. The van der Waals surface area contributed by atoms with E-state index < -0.39 is 40.9 Å². The van der Waals surface area contributed by atoms with Crippen molar-refractivity contribution in [3.63, 3.8) is 0 Å². The van der Waals surface area contributed by atoms with Crippen molar-refractivity contribution < 1.29 is 22.7 Å². The van der Waals surface area contributed by atoms with Crippen LogP contribution < -0.4 is 5.32 Å². The summed E-state index contributed by atoms with van der Waals surface area (Å²) in [5.41, 5.74) is -0.0565. The molecule has 1 amide bonds. The van der Waals surface area contributed by atoms with Crippen LogP contribution in [-0.4, -0.2) is 72.6 Å². The highest BCUT2D eigenvalue weighted by molar-refractivity contribution is 5.94. The van der Waals surface area contributed by atoms with Crippen molar-refractivity contribution in [2.45, 2.75) is 70.4 Å². The van der Waals surface area contributed by atoms with E-state index in [1.165, 1.54) is 12.1 Å². The van der Waals surface area contributed by atoms with Crippen LogP contribution in [0.4, 0.5) is 13.2 Å². The zero-order valence-electron chi connectivity index (χ0n) is 24.7. The molecule has 6 rings (SSSR count). The van der Waals surface area contributed by atoms with E-state index in [1.807, 2.05) is 18.2 Å². The van der Waals surface area contributed by atoms with Crippen molar-refractivity contribution in [1.29, 1.82) is 0 Å². The van der Waals surface area contributed by atoms with Crippen LogP contribution in [0.25, 0.3) is 0 Å². The van der Waals surface area contributed by atoms with Crippen molar-refractivity contribution in [2.75, 3.05) is 32.8 Å². The van der Waals surface area contributed by atoms with Crippen LogP contribution >= 0.6 is 0 Å². The number of hydrogen-bond acceptors (Lipinski definition) is 5. The summed E-state index contributed by atoms with van der Waals surface area (Å²) in [6, 6.07) is 13.1. The molecule has 3 fully saturated rings. The van der Waals surface area contributed by atoms with E-state index in [4.69, 9.17) is 9.73 Å². The molecule has 0 radical (unpaired) electrons. The van der Waals surface area contributed by atoms with Gasteiger partial charge >= 0.3 is 0 Å². The van der Waals surface area contributed by atoms with Crippen LogP contribution in [0.5, 0.6) is 0 Å². The maximum absolute atomic E-state index is 15.3. The lowest BCUT2D eigenvalue weighted by Crippen LogP contribution is -2.61. The fraction of sp³-hybridized carbons (Fsp3) is 0.576. The Kier molecular flexibility index (Phi) is 7.85. The Bertz CT molecular complexity index is 1330. The van der Waals surface area contributed by atoms with Gasteiger partial charge in [-0.05, 0) is 48.4 Å². The molecular formula is C33H41F3N4O2. The van der Waals surface area contributed by atoms with E-state index in [1.54, 1.807) is 4.90 Å². The number of amidine groups is 1. The lowest BCUT2D eigenvalue weighted by Gasteiger charge is -2.47. The normalized spacial score (nSPS) is 29.7. The molecule has 9 heteroatoms. The molecule has 6 nitrogen and oxygen atoms in total. The molecule has 0 aromatic heterocycles. The van der Waals surface area contributed by atoms with Gasteiger partial charge in [-0.3, -0.25) is 9.79 Å². The van der Waals surface area contributed by atoms with E-state index in [2.05, 4.69) is 43.1 Å². The maximum Gasteiger partial charge on any atom is 0.252 e. The number of benzene rings is 2. The van der Waals surface area contributed by atoms with Crippen molar-refractivity contribution in [1.82, 2.24) is 15.1 Å². The van der Waals surface area contributed by atoms with Gasteiger partial charge in [0.05, 0.1) is 11.6 Å². The summed E-state index contributed by atoms with van der Waals surface area (Å²) < 4.78 is 50.6. The predicted molar refractivity (Wildman–Crippen MR) is 156 cm³/mol. The van der Waals surface area contributed by atoms with E-state index in [0.717, 1.165) is 18.1 Å². The molecule has 1 N–H and O–H groups in total. The number of carbonyl (C=O) groups is 1. The van der Waals surface area contributed by atoms with Gasteiger partial charge in [0.2, 0.25) is 0 Å². The second-order valence-corrected chi connectivity index (χ2v) is 13.5. The highest BCUT2D eigenvalue weighted by atomic mass is 19.1. The highest BCUT2D eigenvalue weighted by Crippen LogP contribution is 2.59. The van der Waals surface area contributed by atoms with Crippen LogP contribution in [0.15, 0.2) is 53.5 Å². The monoisotopic (exact) mass is 582 g/mol. The van der Waals surface area contributed by atoms with Crippen molar-refractivity contribution in [3.05, 3.63) is 71.3 Å². The van der Waals surface area contributed by atoms with Crippen LogP contribution in [0.1, 0.15) is 51.2 Å². The van der Waals surface area contributed by atoms with E-state index in [9.17, 15) is 9.18 Å². The number of ether oxygens (including phenoxy) is 1. The second-order valence-electron chi connectivity index (χ2n) is 13.5. The van der Waals surface area contributed by atoms with Gasteiger partial charge in [-0.25, -0.2) is 13.2 Å². The quantitative estimate of drug-likeness (QED) is 0.472. The molecule has 6 unspecified atom stereocenters. The summed E-state index contributed by atoms with van der Waals surface area (Å²) in [4.78, 5) is 23.6. The zero-order chi connectivity index (χ0) is 29.6. The molecule has 226 valence electrons. The fourth-order valence-corrected chi connectivity index (χ4v) is 7.11. The van der Waals surface area contributed by atoms with Gasteiger partial charge < -0.3 is 19.9 Å². The van der Waals surface area contributed by atoms with Gasteiger partial charge in [-0.1, -0.05) is 51.1 Å². The molecule has 42 heavy (non-hydrogen) atoms. The molecule has 3 aliphatic heterocycles. The third-order valence-electron chi connectivity index (χ3n) is 9.32. The second kappa shape index (κ2) is 11.3. The summed E-state index contributed by atoms with van der Waals surface area (Å²) in [6.45, 7) is 8.81. The number of rotatable bonds is 8. The average Bonchev–Trinajstić information content (AvgIpc) is 3.24. The molecule has 6 atom stereocenters. The molecule has 1 aliphatic carbocycles. The predicted octanol–water partition coefficient (Wildman–Crippen LogP) is 5.07. The molecule has 4 aliphatic rings. The molecule has 2 aromatic carbocycles. The first-order chi connectivity index (χ1) is 20.1. The Morgan fingerprint density at radius 2 is 1.98 bits per heavy atom. The van der Waals surface area contributed by atoms with E-state index in [0.29, 0.717) is 44.9 Å². The van der Waals surface area contributed by atoms with E-state index >= 15 is 8.78 Å². The Morgan fingerprint density at radius 3 is 2.64 bits per heavy atom. The zero-order valence-corrected chi connectivity index (χ0v) is 24.7. The van der Waals surface area contributed by atoms with Gasteiger partial charge in [0, 0.05) is 56.7 Å². The molecular weight excluding hydrogens is 541 g/mol. The van der Waals surface area contributed by atoms with Crippen LogP contribution in [-0.2, 0) is 21.6 Å². The smallest absolute Gasteiger partial charge is 0.252 e. The standard InChI is InChI=1S/C33H41F3N4O2/c1-32(2,3)29(40(19-22-16-37-17-27(22)36)31(41)28-10-7-13-42-28)30-38-33(25-14-24(34)11-12-26(25)35)15-23(33)20-39(30)18-21-8-5-4-6-9-21/h4-6,8-9,11-12,14,22-23,27-29,37H,7,10,13,15-20H2,1-3H3. The Morgan fingerprint density at radius 1 is 1.19 bits per heavy atom. The van der Waals surface area contributed by atoms with Gasteiger partial charge in [0.1, 0.15) is 29.7 Å². The summed E-state index contributed by atoms with van der Waals surface area (Å²) >= 11 is 0. The van der Waals surface area contributed by atoms with Gasteiger partial charge in [0.15, 0.2) is 0 Å². The number of aliphatic imine (C=N–C) groups is 1. The van der Waals surface area contributed by atoms with Crippen LogP contribution in [0, 0.1) is 28.9 Å². The third-order valence-corrected chi connectivity index (χ3v) is 9.32. The topological polar surface area (TPSA) is 57.2 Å².